The van der Waals surface area contributed by atoms with Crippen molar-refractivity contribution in [3.05, 3.63) is 17.5 Å². The highest BCUT2D eigenvalue weighted by Crippen LogP contribution is 2.19. The third-order valence-corrected chi connectivity index (χ3v) is 3.95. The lowest BCUT2D eigenvalue weighted by Crippen LogP contribution is -2.42. The zero-order valence-corrected chi connectivity index (χ0v) is 11.3. The summed E-state index contributed by atoms with van der Waals surface area (Å²) in [6.07, 6.45) is 8.01. The minimum atomic E-state index is 0.154. The number of nitrogens with zero attached hydrogens (tertiary/aromatic N) is 3. The number of morpholine rings is 1. The van der Waals surface area contributed by atoms with Gasteiger partial charge in [0.1, 0.15) is 6.54 Å². The number of ether oxygens (including phenoxy) is 1. The van der Waals surface area contributed by atoms with Crippen molar-refractivity contribution in [3.8, 4) is 0 Å². The maximum absolute atomic E-state index is 12.2. The van der Waals surface area contributed by atoms with Crippen LogP contribution in [0.2, 0.25) is 0 Å². The van der Waals surface area contributed by atoms with Crippen LogP contribution in [0.5, 0.6) is 0 Å². The third kappa shape index (κ3) is 2.97. The smallest absolute Gasteiger partial charge is 0.244 e. The number of amides is 1. The molecular formula is C14H21N3O2. The summed E-state index contributed by atoms with van der Waals surface area (Å²) >= 11 is 0. The van der Waals surface area contributed by atoms with Crippen LogP contribution in [0.1, 0.15) is 30.5 Å². The second-order valence-corrected chi connectivity index (χ2v) is 5.35. The number of rotatable bonds is 2. The number of fused-ring (bicyclic) bond motifs is 1. The van der Waals surface area contributed by atoms with E-state index in [0.29, 0.717) is 32.8 Å². The van der Waals surface area contributed by atoms with Crippen molar-refractivity contribution in [2.75, 3.05) is 26.3 Å². The minimum absolute atomic E-state index is 0.154. The van der Waals surface area contributed by atoms with Crippen LogP contribution in [0.3, 0.4) is 0 Å². The lowest BCUT2D eigenvalue weighted by molar-refractivity contribution is -0.136. The molecule has 0 saturated carbocycles. The fourth-order valence-electron chi connectivity index (χ4n) is 2.84. The van der Waals surface area contributed by atoms with Gasteiger partial charge in [0.05, 0.1) is 18.9 Å². The van der Waals surface area contributed by atoms with Gasteiger partial charge in [-0.15, -0.1) is 0 Å². The highest BCUT2D eigenvalue weighted by Gasteiger charge is 2.19. The second-order valence-electron chi connectivity index (χ2n) is 5.35. The molecule has 1 amide bonds. The Morgan fingerprint density at radius 3 is 2.84 bits per heavy atom. The Bertz CT molecular complexity index is 426. The molecule has 1 aromatic rings. The molecule has 1 aliphatic carbocycles. The van der Waals surface area contributed by atoms with Crippen LogP contribution in [0.15, 0.2) is 6.20 Å². The van der Waals surface area contributed by atoms with E-state index in [9.17, 15) is 4.79 Å². The second kappa shape index (κ2) is 5.74. The van der Waals surface area contributed by atoms with E-state index in [1.807, 2.05) is 9.58 Å². The molecule has 0 N–H and O–H groups in total. The summed E-state index contributed by atoms with van der Waals surface area (Å²) in [5.41, 5.74) is 2.54. The van der Waals surface area contributed by atoms with Crippen LogP contribution in [0.4, 0.5) is 0 Å². The van der Waals surface area contributed by atoms with Gasteiger partial charge >= 0.3 is 0 Å². The van der Waals surface area contributed by atoms with Crippen molar-refractivity contribution >= 4 is 5.91 Å². The van der Waals surface area contributed by atoms with Crippen LogP contribution < -0.4 is 0 Å². The molecule has 2 heterocycles. The Morgan fingerprint density at radius 1 is 1.21 bits per heavy atom. The van der Waals surface area contributed by atoms with E-state index in [1.165, 1.54) is 30.5 Å². The van der Waals surface area contributed by atoms with Gasteiger partial charge in [-0.1, -0.05) is 6.42 Å². The molecule has 0 aromatic carbocycles. The van der Waals surface area contributed by atoms with Gasteiger partial charge in [-0.25, -0.2) is 0 Å². The zero-order chi connectivity index (χ0) is 13.1. The minimum Gasteiger partial charge on any atom is -0.378 e. The quantitative estimate of drug-likeness (QED) is 0.748. The molecule has 0 radical (unpaired) electrons. The summed E-state index contributed by atoms with van der Waals surface area (Å²) in [7, 11) is 0. The van der Waals surface area contributed by atoms with Crippen molar-refractivity contribution in [1.82, 2.24) is 14.7 Å². The number of hydrogen-bond acceptors (Lipinski definition) is 3. The molecule has 1 aliphatic heterocycles. The molecule has 0 bridgehead atoms. The van der Waals surface area contributed by atoms with Gasteiger partial charge in [-0.05, 0) is 31.2 Å². The van der Waals surface area contributed by atoms with Crippen LogP contribution in [0.25, 0.3) is 0 Å². The van der Waals surface area contributed by atoms with E-state index in [4.69, 9.17) is 4.74 Å². The molecule has 1 fully saturated rings. The van der Waals surface area contributed by atoms with Gasteiger partial charge in [0.15, 0.2) is 0 Å². The van der Waals surface area contributed by atoms with Crippen molar-refractivity contribution in [1.29, 1.82) is 0 Å². The first-order valence-corrected chi connectivity index (χ1v) is 7.23. The summed E-state index contributed by atoms with van der Waals surface area (Å²) in [6.45, 7) is 3.09. The number of aromatic nitrogens is 2. The molecule has 2 aliphatic rings. The Kier molecular flexibility index (Phi) is 3.82. The zero-order valence-electron chi connectivity index (χ0n) is 11.3. The van der Waals surface area contributed by atoms with Crippen molar-refractivity contribution in [2.24, 2.45) is 0 Å². The van der Waals surface area contributed by atoms with Crippen LogP contribution in [-0.2, 0) is 28.9 Å². The third-order valence-electron chi connectivity index (χ3n) is 3.95. The first kappa shape index (κ1) is 12.7. The van der Waals surface area contributed by atoms with Crippen molar-refractivity contribution in [2.45, 2.75) is 38.6 Å². The summed E-state index contributed by atoms with van der Waals surface area (Å²) in [5, 5.41) is 4.58. The summed E-state index contributed by atoms with van der Waals surface area (Å²) in [6, 6.07) is 0. The molecule has 5 heteroatoms. The topological polar surface area (TPSA) is 47.4 Å². The molecule has 1 saturated heterocycles. The maximum atomic E-state index is 12.2. The predicted octanol–water partition coefficient (Wildman–Crippen LogP) is 1.01. The van der Waals surface area contributed by atoms with E-state index in [-0.39, 0.29) is 5.91 Å². The molecule has 104 valence electrons. The fourth-order valence-corrected chi connectivity index (χ4v) is 2.84. The monoisotopic (exact) mass is 263 g/mol. The number of hydrogen-bond donors (Lipinski definition) is 0. The largest absolute Gasteiger partial charge is 0.378 e. The molecular weight excluding hydrogens is 242 g/mol. The molecule has 5 nitrogen and oxygen atoms in total. The van der Waals surface area contributed by atoms with Gasteiger partial charge in [0.25, 0.3) is 0 Å². The average molecular weight is 263 g/mol. The molecule has 0 atom stereocenters. The first-order chi connectivity index (χ1) is 9.33. The predicted molar refractivity (Wildman–Crippen MR) is 70.9 cm³/mol. The van der Waals surface area contributed by atoms with E-state index in [0.717, 1.165) is 12.8 Å². The van der Waals surface area contributed by atoms with Gasteiger partial charge in [-0.2, -0.15) is 5.10 Å². The average Bonchev–Trinajstić information content (AvgIpc) is 2.69. The Labute approximate surface area is 113 Å². The van der Waals surface area contributed by atoms with Crippen LogP contribution in [-0.4, -0.2) is 46.9 Å². The van der Waals surface area contributed by atoms with E-state index in [1.54, 1.807) is 0 Å². The van der Waals surface area contributed by atoms with Crippen molar-refractivity contribution in [3.63, 3.8) is 0 Å². The highest BCUT2D eigenvalue weighted by molar-refractivity contribution is 5.76. The normalized spacial score (nSPS) is 19.9. The van der Waals surface area contributed by atoms with Crippen molar-refractivity contribution < 1.29 is 9.53 Å². The Morgan fingerprint density at radius 2 is 2.00 bits per heavy atom. The number of aryl methyl sites for hydroxylation is 2. The van der Waals surface area contributed by atoms with Crippen LogP contribution >= 0.6 is 0 Å². The molecule has 0 unspecified atom stereocenters. The van der Waals surface area contributed by atoms with E-state index in [2.05, 4.69) is 11.3 Å². The van der Waals surface area contributed by atoms with Gasteiger partial charge in [-0.3, -0.25) is 9.48 Å². The van der Waals surface area contributed by atoms with Gasteiger partial charge < -0.3 is 9.64 Å². The van der Waals surface area contributed by atoms with Gasteiger partial charge in [0, 0.05) is 19.3 Å². The van der Waals surface area contributed by atoms with E-state index >= 15 is 0 Å². The lowest BCUT2D eigenvalue weighted by Gasteiger charge is -2.26. The Hall–Kier alpha value is -1.36. The lowest BCUT2D eigenvalue weighted by atomic mass is 10.1. The SMILES string of the molecule is O=C(Cn1cc2c(n1)CCCCC2)N1CCOCC1. The molecule has 0 spiro atoms. The van der Waals surface area contributed by atoms with Crippen LogP contribution in [0, 0.1) is 0 Å². The Balaban J connectivity index is 1.64. The first-order valence-electron chi connectivity index (χ1n) is 7.23. The summed E-state index contributed by atoms with van der Waals surface area (Å²) in [4.78, 5) is 14.0. The fraction of sp³-hybridized carbons (Fsp3) is 0.714. The summed E-state index contributed by atoms with van der Waals surface area (Å²) < 4.78 is 7.09. The molecule has 3 rings (SSSR count). The standard InChI is InChI=1S/C14H21N3O2/c18-14(16-6-8-19-9-7-16)11-17-10-12-4-2-1-3-5-13(12)15-17/h10H,1-9,11H2. The highest BCUT2D eigenvalue weighted by atomic mass is 16.5. The molecule has 1 aromatic heterocycles. The number of carbonyl (C=O) groups excluding carboxylic acids is 1. The van der Waals surface area contributed by atoms with E-state index < -0.39 is 0 Å². The summed E-state index contributed by atoms with van der Waals surface area (Å²) in [5.74, 6) is 0.154. The number of carbonyl (C=O) groups is 1. The maximum Gasteiger partial charge on any atom is 0.244 e. The molecule has 19 heavy (non-hydrogen) atoms. The van der Waals surface area contributed by atoms with Gasteiger partial charge in [0.2, 0.25) is 5.91 Å².